The van der Waals surface area contributed by atoms with Crippen molar-refractivity contribution in [3.63, 3.8) is 0 Å². The van der Waals surface area contributed by atoms with E-state index in [2.05, 4.69) is 15.3 Å². The molecule has 178 valence electrons. The molecule has 0 aliphatic heterocycles. The van der Waals surface area contributed by atoms with Crippen LogP contribution in [-0.2, 0) is 18.3 Å². The van der Waals surface area contributed by atoms with Crippen molar-refractivity contribution in [1.82, 2.24) is 24.4 Å². The van der Waals surface area contributed by atoms with Gasteiger partial charge in [0.25, 0.3) is 11.5 Å². The van der Waals surface area contributed by atoms with Gasteiger partial charge in [-0.2, -0.15) is 0 Å². The zero-order valence-corrected chi connectivity index (χ0v) is 19.6. The Bertz CT molecular complexity index is 1560. The first-order valence-corrected chi connectivity index (χ1v) is 10.9. The van der Waals surface area contributed by atoms with Crippen LogP contribution in [0.15, 0.2) is 64.4 Å². The van der Waals surface area contributed by atoms with Gasteiger partial charge in [0, 0.05) is 25.9 Å². The minimum Gasteiger partial charge on any atom is -0.480 e. The third-order valence-corrected chi connectivity index (χ3v) is 5.94. The van der Waals surface area contributed by atoms with E-state index in [-0.39, 0.29) is 38.9 Å². The van der Waals surface area contributed by atoms with Crippen molar-refractivity contribution in [2.75, 3.05) is 0 Å². The molecule has 1 atom stereocenters. The number of aliphatic carboxylic acids is 1. The molecule has 0 spiro atoms. The second kappa shape index (κ2) is 9.69. The normalized spacial score (nSPS) is 11.9. The van der Waals surface area contributed by atoms with Crippen LogP contribution in [0.3, 0.4) is 0 Å². The van der Waals surface area contributed by atoms with E-state index in [1.807, 2.05) is 0 Å². The molecule has 2 aromatic carbocycles. The van der Waals surface area contributed by atoms with Crippen LogP contribution in [-0.4, -0.2) is 42.1 Å². The van der Waals surface area contributed by atoms with E-state index in [1.54, 1.807) is 18.2 Å². The zero-order chi connectivity index (χ0) is 25.3. The molecule has 0 aliphatic carbocycles. The summed E-state index contributed by atoms with van der Waals surface area (Å²) in [4.78, 5) is 58.1. The third kappa shape index (κ3) is 4.66. The van der Waals surface area contributed by atoms with Crippen molar-refractivity contribution in [2.45, 2.75) is 12.5 Å². The quantitative estimate of drug-likeness (QED) is 0.403. The molecule has 2 heterocycles. The van der Waals surface area contributed by atoms with E-state index in [0.29, 0.717) is 5.56 Å². The van der Waals surface area contributed by atoms with E-state index in [1.165, 1.54) is 48.3 Å². The molecule has 0 aliphatic rings. The van der Waals surface area contributed by atoms with Crippen LogP contribution in [0.4, 0.5) is 0 Å². The maximum atomic E-state index is 12.9. The standard InChI is InChI=1S/C23H17Cl2N5O5/c1-29-19-18(26-9-10-27-19)21(32)30(23(29)35)13-7-5-12(6-8-13)11-16(22(33)34)28-20(31)17-14(24)3-2-4-15(17)25/h2-10,16H,11H2,1H3,(H,28,31)(H,33,34)/t16-/m0/s1. The van der Waals surface area contributed by atoms with Gasteiger partial charge in [-0.3, -0.25) is 14.2 Å². The SMILES string of the molecule is Cn1c(=O)n(-c2ccc(C[C@H](NC(=O)c3c(Cl)cccc3Cl)C(=O)O)cc2)c(=O)c2nccnc21. The average molecular weight is 514 g/mol. The number of carboxylic acids is 1. The van der Waals surface area contributed by atoms with Crippen molar-refractivity contribution < 1.29 is 14.7 Å². The van der Waals surface area contributed by atoms with Crippen LogP contribution >= 0.6 is 23.2 Å². The fourth-order valence-corrected chi connectivity index (χ4v) is 4.12. The smallest absolute Gasteiger partial charge is 0.337 e. The topological polar surface area (TPSA) is 136 Å². The number of aryl methyl sites for hydroxylation is 1. The first-order valence-electron chi connectivity index (χ1n) is 10.2. The molecular formula is C23H17Cl2N5O5. The van der Waals surface area contributed by atoms with Crippen LogP contribution in [0.2, 0.25) is 10.0 Å². The van der Waals surface area contributed by atoms with Crippen LogP contribution in [0, 0.1) is 0 Å². The first-order chi connectivity index (χ1) is 16.7. The lowest BCUT2D eigenvalue weighted by atomic mass is 10.0. The van der Waals surface area contributed by atoms with Gasteiger partial charge < -0.3 is 10.4 Å². The number of rotatable bonds is 6. The third-order valence-electron chi connectivity index (χ3n) is 5.31. The maximum absolute atomic E-state index is 12.9. The number of hydrogen-bond donors (Lipinski definition) is 2. The highest BCUT2D eigenvalue weighted by molar-refractivity contribution is 6.39. The van der Waals surface area contributed by atoms with Gasteiger partial charge in [-0.25, -0.2) is 24.1 Å². The summed E-state index contributed by atoms with van der Waals surface area (Å²) in [5, 5.41) is 12.2. The number of aromatic nitrogens is 4. The summed E-state index contributed by atoms with van der Waals surface area (Å²) in [5.41, 5.74) is -0.256. The van der Waals surface area contributed by atoms with E-state index >= 15 is 0 Å². The molecule has 10 nitrogen and oxygen atoms in total. The molecule has 4 aromatic rings. The van der Waals surface area contributed by atoms with E-state index in [0.717, 1.165) is 4.57 Å². The Hall–Kier alpha value is -4.02. The molecule has 1 amide bonds. The monoisotopic (exact) mass is 513 g/mol. The molecule has 0 bridgehead atoms. The number of halogens is 2. The summed E-state index contributed by atoms with van der Waals surface area (Å²) < 4.78 is 2.17. The Morgan fingerprint density at radius 1 is 1.03 bits per heavy atom. The lowest BCUT2D eigenvalue weighted by Gasteiger charge is -2.16. The molecule has 0 saturated carbocycles. The number of amides is 1. The Labute approximate surface area is 207 Å². The van der Waals surface area contributed by atoms with Gasteiger partial charge in [0.05, 0.1) is 21.3 Å². The minimum atomic E-state index is -1.28. The maximum Gasteiger partial charge on any atom is 0.337 e. The number of hydrogen-bond acceptors (Lipinski definition) is 6. The summed E-state index contributed by atoms with van der Waals surface area (Å²) in [6.45, 7) is 0. The van der Waals surface area contributed by atoms with Gasteiger partial charge in [0.2, 0.25) is 0 Å². The predicted octanol–water partition coefficient (Wildman–Crippen LogP) is 2.21. The number of nitrogens with one attached hydrogen (secondary N) is 1. The number of nitrogens with zero attached hydrogens (tertiary/aromatic N) is 4. The summed E-state index contributed by atoms with van der Waals surface area (Å²) in [6.07, 6.45) is 2.68. The Morgan fingerprint density at radius 3 is 2.29 bits per heavy atom. The number of benzene rings is 2. The van der Waals surface area contributed by atoms with Gasteiger partial charge in [-0.15, -0.1) is 0 Å². The average Bonchev–Trinajstić information content (AvgIpc) is 2.83. The fourth-order valence-electron chi connectivity index (χ4n) is 3.55. The lowest BCUT2D eigenvalue weighted by molar-refractivity contribution is -0.139. The highest BCUT2D eigenvalue weighted by Crippen LogP contribution is 2.24. The fraction of sp³-hybridized carbons (Fsp3) is 0.130. The summed E-state index contributed by atoms with van der Waals surface area (Å²) in [5.74, 6) is -1.99. The summed E-state index contributed by atoms with van der Waals surface area (Å²) in [7, 11) is 1.48. The van der Waals surface area contributed by atoms with Gasteiger partial charge in [-0.05, 0) is 29.8 Å². The number of carbonyl (C=O) groups is 2. The van der Waals surface area contributed by atoms with Crippen molar-refractivity contribution in [1.29, 1.82) is 0 Å². The Kier molecular flexibility index (Phi) is 6.68. The highest BCUT2D eigenvalue weighted by atomic mass is 35.5. The molecule has 0 unspecified atom stereocenters. The lowest BCUT2D eigenvalue weighted by Crippen LogP contribution is -2.42. The van der Waals surface area contributed by atoms with Crippen LogP contribution in [0.25, 0.3) is 16.9 Å². The summed E-state index contributed by atoms with van der Waals surface area (Å²) >= 11 is 12.1. The van der Waals surface area contributed by atoms with Gasteiger partial charge in [0.15, 0.2) is 11.2 Å². The second-order valence-corrected chi connectivity index (χ2v) is 8.36. The van der Waals surface area contributed by atoms with Crippen LogP contribution < -0.4 is 16.6 Å². The van der Waals surface area contributed by atoms with Gasteiger partial charge in [-0.1, -0.05) is 41.4 Å². The molecule has 0 radical (unpaired) electrons. The largest absolute Gasteiger partial charge is 0.480 e. The molecule has 0 fully saturated rings. The van der Waals surface area contributed by atoms with Crippen LogP contribution in [0.5, 0.6) is 0 Å². The van der Waals surface area contributed by atoms with Crippen molar-refractivity contribution in [3.8, 4) is 5.69 Å². The van der Waals surface area contributed by atoms with Crippen LogP contribution in [0.1, 0.15) is 15.9 Å². The number of carboxylic acid groups (broad SMARTS) is 1. The molecule has 0 saturated heterocycles. The summed E-state index contributed by atoms with van der Waals surface area (Å²) in [6, 6.07) is 9.37. The predicted molar refractivity (Wildman–Crippen MR) is 129 cm³/mol. The first kappa shape index (κ1) is 24.1. The minimum absolute atomic E-state index is 0.0212. The van der Waals surface area contributed by atoms with Gasteiger partial charge in [0.1, 0.15) is 6.04 Å². The second-order valence-electron chi connectivity index (χ2n) is 7.54. The Balaban J connectivity index is 1.61. The van der Waals surface area contributed by atoms with Crippen molar-refractivity contribution in [3.05, 3.63) is 96.9 Å². The molecule has 35 heavy (non-hydrogen) atoms. The number of carbonyl (C=O) groups excluding carboxylic acids is 1. The van der Waals surface area contributed by atoms with Crippen molar-refractivity contribution >= 4 is 46.2 Å². The van der Waals surface area contributed by atoms with Crippen molar-refractivity contribution in [2.24, 2.45) is 7.05 Å². The molecule has 12 heteroatoms. The highest BCUT2D eigenvalue weighted by Gasteiger charge is 2.24. The van der Waals surface area contributed by atoms with E-state index in [4.69, 9.17) is 23.2 Å². The van der Waals surface area contributed by atoms with E-state index < -0.39 is 29.2 Å². The Morgan fingerprint density at radius 2 is 1.66 bits per heavy atom. The zero-order valence-electron chi connectivity index (χ0n) is 18.1. The number of fused-ring (bicyclic) bond motifs is 1. The molecule has 2 aromatic heterocycles. The van der Waals surface area contributed by atoms with E-state index in [9.17, 15) is 24.3 Å². The molecule has 4 rings (SSSR count). The molecule has 2 N–H and O–H groups in total. The molecular weight excluding hydrogens is 497 g/mol. The van der Waals surface area contributed by atoms with Gasteiger partial charge >= 0.3 is 11.7 Å².